The number of aromatic nitrogens is 3. The van der Waals surface area contributed by atoms with Crippen LogP contribution in [-0.4, -0.2) is 39.0 Å². The van der Waals surface area contributed by atoms with Crippen molar-refractivity contribution >= 4 is 23.1 Å². The first kappa shape index (κ1) is 23.0. The second kappa shape index (κ2) is 9.90. The number of amides is 1. The molecule has 0 atom stereocenters. The molecule has 6 rings (SSSR count). The number of anilines is 2. The smallest absolute Gasteiger partial charge is 0.253 e. The highest BCUT2D eigenvalue weighted by Crippen LogP contribution is 2.40. The second-order valence-corrected chi connectivity index (χ2v) is 9.67. The molecule has 0 radical (unpaired) electrons. The van der Waals surface area contributed by atoms with Gasteiger partial charge in [0.25, 0.3) is 5.91 Å². The van der Waals surface area contributed by atoms with Crippen LogP contribution in [0.3, 0.4) is 0 Å². The topological polar surface area (TPSA) is 62.5 Å². The van der Waals surface area contributed by atoms with E-state index < -0.39 is 0 Å². The zero-order valence-corrected chi connectivity index (χ0v) is 20.8. The summed E-state index contributed by atoms with van der Waals surface area (Å²) >= 11 is 0. The van der Waals surface area contributed by atoms with Gasteiger partial charge in [-0.3, -0.25) is 4.79 Å². The van der Waals surface area contributed by atoms with Gasteiger partial charge in [-0.05, 0) is 49.1 Å². The van der Waals surface area contributed by atoms with Crippen molar-refractivity contribution in [1.29, 1.82) is 0 Å². The Morgan fingerprint density at radius 3 is 2.35 bits per heavy atom. The summed E-state index contributed by atoms with van der Waals surface area (Å²) in [4.78, 5) is 19.6. The molecule has 0 spiro atoms. The lowest BCUT2D eigenvalue weighted by atomic mass is 10.1. The maximum absolute atomic E-state index is 13.0. The van der Waals surface area contributed by atoms with Crippen molar-refractivity contribution in [3.8, 4) is 11.3 Å². The molecule has 1 N–H and O–H groups in total. The van der Waals surface area contributed by atoms with Gasteiger partial charge in [0.2, 0.25) is 0 Å². The molecule has 5 aromatic rings. The molecular formula is C31H29N5O. The molecule has 184 valence electrons. The van der Waals surface area contributed by atoms with E-state index in [0.717, 1.165) is 40.5 Å². The van der Waals surface area contributed by atoms with E-state index >= 15 is 0 Å². The quantitative estimate of drug-likeness (QED) is 0.278. The van der Waals surface area contributed by atoms with E-state index in [9.17, 15) is 4.79 Å². The van der Waals surface area contributed by atoms with Crippen LogP contribution in [-0.2, 0) is 6.42 Å². The predicted molar refractivity (Wildman–Crippen MR) is 147 cm³/mol. The fourth-order valence-electron chi connectivity index (χ4n) is 4.52. The fraction of sp³-hybridized carbons (Fsp3) is 0.194. The third-order valence-electron chi connectivity index (χ3n) is 6.84. The third kappa shape index (κ3) is 5.09. The van der Waals surface area contributed by atoms with Crippen molar-refractivity contribution in [3.05, 3.63) is 114 Å². The zero-order valence-electron chi connectivity index (χ0n) is 20.8. The first-order chi connectivity index (χ1) is 18.1. The van der Waals surface area contributed by atoms with Gasteiger partial charge in [-0.1, -0.05) is 60.7 Å². The van der Waals surface area contributed by atoms with Crippen LogP contribution >= 0.6 is 0 Å². The Kier molecular flexibility index (Phi) is 6.15. The number of benzene rings is 3. The van der Waals surface area contributed by atoms with Crippen molar-refractivity contribution < 1.29 is 4.79 Å². The van der Waals surface area contributed by atoms with Crippen LogP contribution in [0, 0.1) is 0 Å². The largest absolute Gasteiger partial charge is 0.341 e. The van der Waals surface area contributed by atoms with Crippen molar-refractivity contribution in [3.63, 3.8) is 0 Å². The van der Waals surface area contributed by atoms with Crippen molar-refractivity contribution in [1.82, 2.24) is 19.5 Å². The van der Waals surface area contributed by atoms with Crippen LogP contribution < -0.4 is 5.32 Å². The van der Waals surface area contributed by atoms with Crippen LogP contribution in [0.25, 0.3) is 16.9 Å². The maximum Gasteiger partial charge on any atom is 0.253 e. The molecule has 6 heteroatoms. The van der Waals surface area contributed by atoms with Gasteiger partial charge in [-0.2, -0.15) is 9.61 Å². The standard InChI is InChI=1S/C31H29N5O/c1-35(19-18-22-8-4-2-5-9-22)31(37)25-14-16-26(17-15-25)32-29-20-27(23-10-6-3-7-11-23)33-30-21-28(24-12-13-24)34-36(29)30/h2-11,14-17,20-21,24,32H,12-13,18-19H2,1H3. The minimum atomic E-state index is 0.0151. The molecular weight excluding hydrogens is 458 g/mol. The number of carbonyl (C=O) groups excluding carboxylic acids is 1. The molecule has 6 nitrogen and oxygen atoms in total. The number of nitrogens with zero attached hydrogens (tertiary/aromatic N) is 4. The summed E-state index contributed by atoms with van der Waals surface area (Å²) in [5.74, 6) is 1.40. The number of hydrogen-bond acceptors (Lipinski definition) is 4. The minimum Gasteiger partial charge on any atom is -0.341 e. The van der Waals surface area contributed by atoms with Crippen molar-refractivity contribution in [2.75, 3.05) is 18.9 Å². The molecule has 0 saturated heterocycles. The Hall–Kier alpha value is -4.45. The molecule has 0 unspecified atom stereocenters. The van der Waals surface area contributed by atoms with Gasteiger partial charge in [0.1, 0.15) is 5.82 Å². The lowest BCUT2D eigenvalue weighted by Gasteiger charge is -2.17. The Morgan fingerprint density at radius 2 is 1.65 bits per heavy atom. The maximum atomic E-state index is 13.0. The van der Waals surface area contributed by atoms with E-state index in [1.165, 1.54) is 18.4 Å². The van der Waals surface area contributed by atoms with Gasteiger partial charge in [0.15, 0.2) is 5.65 Å². The summed E-state index contributed by atoms with van der Waals surface area (Å²) < 4.78 is 1.89. The van der Waals surface area contributed by atoms with E-state index in [-0.39, 0.29) is 5.91 Å². The normalized spacial score (nSPS) is 13.0. The molecule has 0 aliphatic heterocycles. The van der Waals surface area contributed by atoms with Crippen LogP contribution in [0.4, 0.5) is 11.5 Å². The van der Waals surface area contributed by atoms with Gasteiger partial charge >= 0.3 is 0 Å². The Labute approximate surface area is 216 Å². The molecule has 37 heavy (non-hydrogen) atoms. The highest BCUT2D eigenvalue weighted by atomic mass is 16.2. The number of nitrogens with one attached hydrogen (secondary N) is 1. The molecule has 1 fully saturated rings. The van der Waals surface area contributed by atoms with Crippen LogP contribution in [0.15, 0.2) is 97.1 Å². The van der Waals surface area contributed by atoms with Gasteiger partial charge in [0, 0.05) is 48.5 Å². The number of rotatable bonds is 8. The minimum absolute atomic E-state index is 0.0151. The zero-order chi connectivity index (χ0) is 25.2. The highest BCUT2D eigenvalue weighted by molar-refractivity contribution is 5.94. The van der Waals surface area contributed by atoms with Gasteiger partial charge in [-0.25, -0.2) is 4.98 Å². The van der Waals surface area contributed by atoms with Gasteiger partial charge in [-0.15, -0.1) is 0 Å². The average molecular weight is 488 g/mol. The summed E-state index contributed by atoms with van der Waals surface area (Å²) in [7, 11) is 1.85. The lowest BCUT2D eigenvalue weighted by molar-refractivity contribution is 0.0796. The Balaban J connectivity index is 1.22. The van der Waals surface area contributed by atoms with Crippen molar-refractivity contribution in [2.45, 2.75) is 25.2 Å². The number of likely N-dealkylation sites (N-methyl/N-ethyl adjacent to an activating group) is 1. The summed E-state index contributed by atoms with van der Waals surface area (Å²) in [6.07, 6.45) is 3.21. The first-order valence-electron chi connectivity index (χ1n) is 12.8. The van der Waals surface area contributed by atoms with E-state index in [1.54, 1.807) is 4.90 Å². The fourth-order valence-corrected chi connectivity index (χ4v) is 4.52. The molecule has 2 heterocycles. The molecule has 2 aromatic heterocycles. The van der Waals surface area contributed by atoms with Gasteiger partial charge < -0.3 is 10.2 Å². The Morgan fingerprint density at radius 1 is 0.946 bits per heavy atom. The highest BCUT2D eigenvalue weighted by Gasteiger charge is 2.27. The average Bonchev–Trinajstić information content (AvgIpc) is 3.71. The van der Waals surface area contributed by atoms with Gasteiger partial charge in [0.05, 0.1) is 11.4 Å². The summed E-state index contributed by atoms with van der Waals surface area (Å²) in [6.45, 7) is 0.669. The molecule has 0 bridgehead atoms. The van der Waals surface area contributed by atoms with E-state index in [1.807, 2.05) is 78.3 Å². The molecule has 1 aliphatic carbocycles. The summed E-state index contributed by atoms with van der Waals surface area (Å²) in [6, 6.07) is 32.2. The molecule has 1 amide bonds. The van der Waals surface area contributed by atoms with Crippen LogP contribution in [0.2, 0.25) is 0 Å². The molecule has 1 aliphatic rings. The number of carbonyl (C=O) groups is 1. The monoisotopic (exact) mass is 487 g/mol. The van der Waals surface area contributed by atoms with Crippen molar-refractivity contribution in [2.24, 2.45) is 0 Å². The lowest BCUT2D eigenvalue weighted by Crippen LogP contribution is -2.28. The molecule has 3 aromatic carbocycles. The van der Waals surface area contributed by atoms with E-state index in [4.69, 9.17) is 10.1 Å². The number of fused-ring (bicyclic) bond motifs is 1. The summed E-state index contributed by atoms with van der Waals surface area (Å²) in [5.41, 5.74) is 6.66. The van der Waals surface area contributed by atoms with Crippen LogP contribution in [0.1, 0.15) is 40.4 Å². The Bertz CT molecular complexity index is 1520. The first-order valence-corrected chi connectivity index (χ1v) is 12.8. The summed E-state index contributed by atoms with van der Waals surface area (Å²) in [5, 5.41) is 8.36. The van der Waals surface area contributed by atoms with E-state index in [0.29, 0.717) is 18.0 Å². The molecule has 1 saturated carbocycles. The second-order valence-electron chi connectivity index (χ2n) is 9.67. The number of hydrogen-bond donors (Lipinski definition) is 1. The third-order valence-corrected chi connectivity index (χ3v) is 6.84. The SMILES string of the molecule is CN(CCc1ccccc1)C(=O)c1ccc(Nc2cc(-c3ccccc3)nc3cc(C4CC4)nn23)cc1. The predicted octanol–water partition coefficient (Wildman–Crippen LogP) is 6.33. The van der Waals surface area contributed by atoms with E-state index in [2.05, 4.69) is 35.6 Å². The van der Waals surface area contributed by atoms with Crippen LogP contribution in [0.5, 0.6) is 0 Å².